The first-order chi connectivity index (χ1) is 14.5. The minimum atomic E-state index is -0.678. The molecule has 0 N–H and O–H groups in total. The molecule has 2 aromatic rings. The summed E-state index contributed by atoms with van der Waals surface area (Å²) in [5, 5.41) is 0. The van der Waals surface area contributed by atoms with Crippen LogP contribution in [-0.4, -0.2) is 49.5 Å². The van der Waals surface area contributed by atoms with Crippen molar-refractivity contribution in [3.8, 4) is 5.75 Å². The molecule has 7 heteroatoms. The summed E-state index contributed by atoms with van der Waals surface area (Å²) in [6.07, 6.45) is 0.536. The first-order valence-electron chi connectivity index (χ1n) is 9.91. The van der Waals surface area contributed by atoms with Crippen LogP contribution < -0.4 is 9.64 Å². The molecule has 0 spiro atoms. The zero-order chi connectivity index (χ0) is 21.3. The highest BCUT2D eigenvalue weighted by atomic mass is 16.5. The number of carbonyl (C=O) groups is 3. The Morgan fingerprint density at radius 1 is 0.967 bits per heavy atom. The molecule has 2 aromatic carbocycles. The molecule has 2 aliphatic rings. The number of rotatable bonds is 4. The summed E-state index contributed by atoms with van der Waals surface area (Å²) in [6, 6.07) is 14.3. The standard InChI is InChI=1S/C23H24N2O5/c1-29-19-9-7-18(8-10-19)24-14-17(12-21(24)26)22(27)25-13-16-6-4-3-5-15(16)11-20(25)23(28)30-2/h3-10,17,20H,11-14H2,1-2H3/t17-,20-/m0/s1. The van der Waals surface area contributed by atoms with Crippen LogP contribution in [0.15, 0.2) is 48.5 Å². The zero-order valence-corrected chi connectivity index (χ0v) is 17.0. The van der Waals surface area contributed by atoms with E-state index in [0.717, 1.165) is 16.8 Å². The Hall–Kier alpha value is -3.35. The monoisotopic (exact) mass is 408 g/mol. The smallest absolute Gasteiger partial charge is 0.328 e. The van der Waals surface area contributed by atoms with Crippen molar-refractivity contribution >= 4 is 23.5 Å². The lowest BCUT2D eigenvalue weighted by Gasteiger charge is -2.36. The number of amides is 2. The third-order valence-corrected chi connectivity index (χ3v) is 5.86. The summed E-state index contributed by atoms with van der Waals surface area (Å²) in [7, 11) is 2.91. The van der Waals surface area contributed by atoms with Crippen LogP contribution in [0.1, 0.15) is 17.5 Å². The highest BCUT2D eigenvalue weighted by Crippen LogP contribution is 2.31. The second-order valence-corrected chi connectivity index (χ2v) is 7.58. The maximum Gasteiger partial charge on any atom is 0.328 e. The second-order valence-electron chi connectivity index (χ2n) is 7.58. The average Bonchev–Trinajstić information content (AvgIpc) is 3.18. The third kappa shape index (κ3) is 3.63. The summed E-state index contributed by atoms with van der Waals surface area (Å²) in [6.45, 7) is 0.623. The predicted molar refractivity (Wildman–Crippen MR) is 110 cm³/mol. The van der Waals surface area contributed by atoms with Crippen molar-refractivity contribution in [1.82, 2.24) is 4.90 Å². The van der Waals surface area contributed by atoms with E-state index in [2.05, 4.69) is 0 Å². The molecule has 156 valence electrons. The lowest BCUT2D eigenvalue weighted by atomic mass is 9.92. The summed E-state index contributed by atoms with van der Waals surface area (Å²) >= 11 is 0. The number of methoxy groups -OCH3 is 2. The SMILES string of the molecule is COC(=O)[C@@H]1Cc2ccccc2CN1C(=O)[C@H]1CC(=O)N(c2ccc(OC)cc2)C1. The Labute approximate surface area is 175 Å². The molecule has 0 aromatic heterocycles. The molecule has 0 aliphatic carbocycles. The normalized spacial score (nSPS) is 20.7. The minimum absolute atomic E-state index is 0.106. The van der Waals surface area contributed by atoms with Crippen LogP contribution in [0.3, 0.4) is 0 Å². The maximum atomic E-state index is 13.4. The van der Waals surface area contributed by atoms with E-state index < -0.39 is 17.9 Å². The van der Waals surface area contributed by atoms with Crippen molar-refractivity contribution in [1.29, 1.82) is 0 Å². The molecule has 1 fully saturated rings. The Morgan fingerprint density at radius 2 is 1.67 bits per heavy atom. The van der Waals surface area contributed by atoms with Crippen molar-refractivity contribution in [2.24, 2.45) is 5.92 Å². The van der Waals surface area contributed by atoms with E-state index in [1.54, 1.807) is 41.2 Å². The number of benzene rings is 2. The van der Waals surface area contributed by atoms with Gasteiger partial charge in [-0.3, -0.25) is 9.59 Å². The third-order valence-electron chi connectivity index (χ3n) is 5.86. The number of hydrogen-bond donors (Lipinski definition) is 0. The van der Waals surface area contributed by atoms with E-state index in [1.165, 1.54) is 7.11 Å². The summed E-state index contributed by atoms with van der Waals surface area (Å²) in [4.78, 5) is 41.6. The molecular weight excluding hydrogens is 384 g/mol. The van der Waals surface area contributed by atoms with Crippen LogP contribution in [0, 0.1) is 5.92 Å². The molecule has 7 nitrogen and oxygen atoms in total. The molecule has 2 aliphatic heterocycles. The van der Waals surface area contributed by atoms with Gasteiger partial charge in [-0.15, -0.1) is 0 Å². The van der Waals surface area contributed by atoms with Crippen LogP contribution >= 0.6 is 0 Å². The van der Waals surface area contributed by atoms with Crippen molar-refractivity contribution in [3.63, 3.8) is 0 Å². The molecule has 0 saturated carbocycles. The van der Waals surface area contributed by atoms with E-state index in [4.69, 9.17) is 9.47 Å². The second kappa shape index (κ2) is 8.18. The van der Waals surface area contributed by atoms with Crippen molar-refractivity contribution in [2.45, 2.75) is 25.4 Å². The average molecular weight is 408 g/mol. The number of nitrogens with zero attached hydrogens (tertiary/aromatic N) is 2. The number of carbonyl (C=O) groups excluding carboxylic acids is 3. The number of anilines is 1. The molecule has 1 saturated heterocycles. The van der Waals surface area contributed by atoms with Gasteiger partial charge in [0.25, 0.3) is 0 Å². The van der Waals surface area contributed by atoms with E-state index in [-0.39, 0.29) is 24.8 Å². The van der Waals surface area contributed by atoms with Crippen LogP contribution in [0.25, 0.3) is 0 Å². The van der Waals surface area contributed by atoms with Crippen molar-refractivity contribution in [2.75, 3.05) is 25.7 Å². The largest absolute Gasteiger partial charge is 0.497 e. The molecule has 0 radical (unpaired) electrons. The molecule has 2 atom stereocenters. The summed E-state index contributed by atoms with van der Waals surface area (Å²) < 4.78 is 10.1. The van der Waals surface area contributed by atoms with Crippen LogP contribution in [0.4, 0.5) is 5.69 Å². The van der Waals surface area contributed by atoms with Crippen molar-refractivity contribution < 1.29 is 23.9 Å². The van der Waals surface area contributed by atoms with Gasteiger partial charge in [-0.05, 0) is 35.4 Å². The fourth-order valence-corrected chi connectivity index (χ4v) is 4.22. The summed E-state index contributed by atoms with van der Waals surface area (Å²) in [5.41, 5.74) is 2.78. The molecule has 30 heavy (non-hydrogen) atoms. The van der Waals surface area contributed by atoms with Crippen molar-refractivity contribution in [3.05, 3.63) is 59.7 Å². The van der Waals surface area contributed by atoms with Gasteiger partial charge in [-0.1, -0.05) is 24.3 Å². The van der Waals surface area contributed by atoms with Gasteiger partial charge >= 0.3 is 5.97 Å². The summed E-state index contributed by atoms with van der Waals surface area (Å²) in [5.74, 6) is -0.535. The van der Waals surface area contributed by atoms with Crippen LogP contribution in [0.5, 0.6) is 5.75 Å². The quantitative estimate of drug-likeness (QED) is 0.725. The van der Waals surface area contributed by atoms with Gasteiger partial charge in [0.1, 0.15) is 11.8 Å². The van der Waals surface area contributed by atoms with Gasteiger partial charge in [0.15, 0.2) is 0 Å². The number of hydrogen-bond acceptors (Lipinski definition) is 5. The molecule has 0 unspecified atom stereocenters. The first-order valence-corrected chi connectivity index (χ1v) is 9.91. The van der Waals surface area contributed by atoms with E-state index in [0.29, 0.717) is 18.7 Å². The molecule has 2 amide bonds. The Kier molecular flexibility index (Phi) is 5.44. The minimum Gasteiger partial charge on any atom is -0.497 e. The number of esters is 1. The molecular formula is C23H24N2O5. The van der Waals surface area contributed by atoms with E-state index in [9.17, 15) is 14.4 Å². The number of fused-ring (bicyclic) bond motifs is 1. The molecule has 2 heterocycles. The van der Waals surface area contributed by atoms with E-state index >= 15 is 0 Å². The van der Waals surface area contributed by atoms with Gasteiger partial charge in [-0.2, -0.15) is 0 Å². The lowest BCUT2D eigenvalue weighted by Crippen LogP contribution is -2.51. The predicted octanol–water partition coefficient (Wildman–Crippen LogP) is 2.17. The number of ether oxygens (including phenoxy) is 2. The maximum absolute atomic E-state index is 13.4. The van der Waals surface area contributed by atoms with Gasteiger partial charge in [0, 0.05) is 31.6 Å². The molecule has 0 bridgehead atoms. The van der Waals surface area contributed by atoms with Crippen LogP contribution in [0.2, 0.25) is 0 Å². The lowest BCUT2D eigenvalue weighted by molar-refractivity contribution is -0.155. The first kappa shape index (κ1) is 19.9. The highest BCUT2D eigenvalue weighted by Gasteiger charge is 2.42. The van der Waals surface area contributed by atoms with Gasteiger partial charge in [-0.25, -0.2) is 4.79 Å². The van der Waals surface area contributed by atoms with E-state index in [1.807, 2.05) is 24.3 Å². The fraction of sp³-hybridized carbons (Fsp3) is 0.348. The Morgan fingerprint density at radius 3 is 2.33 bits per heavy atom. The van der Waals surface area contributed by atoms with Gasteiger partial charge in [0.2, 0.25) is 11.8 Å². The Balaban J connectivity index is 1.55. The van der Waals surface area contributed by atoms with Gasteiger partial charge < -0.3 is 19.3 Å². The zero-order valence-electron chi connectivity index (χ0n) is 17.0. The van der Waals surface area contributed by atoms with Gasteiger partial charge in [0.05, 0.1) is 20.1 Å². The Bertz CT molecular complexity index is 972. The fourth-order valence-electron chi connectivity index (χ4n) is 4.22. The highest BCUT2D eigenvalue weighted by molar-refractivity contribution is 6.01. The molecule has 4 rings (SSSR count). The van der Waals surface area contributed by atoms with Crippen LogP contribution in [-0.2, 0) is 32.1 Å². The topological polar surface area (TPSA) is 76.2 Å².